The normalized spacial score (nSPS) is 11.6. The van der Waals surface area contributed by atoms with Crippen LogP contribution < -0.4 is 0 Å². The molecule has 0 saturated carbocycles. The van der Waals surface area contributed by atoms with Crippen LogP contribution in [-0.2, 0) is 0 Å². The molecular weight excluding hydrogens is 456 g/mol. The van der Waals surface area contributed by atoms with Crippen LogP contribution in [0.15, 0.2) is 0 Å². The summed E-state index contributed by atoms with van der Waals surface area (Å²) in [6, 6.07) is 0. The Morgan fingerprint density at radius 1 is 0.409 bits per heavy atom. The molecule has 0 fully saturated rings. The second-order valence-electron chi connectivity index (χ2n) is 4.14. The minimum Gasteiger partial charge on any atom is -0.232 e. The van der Waals surface area contributed by atoms with Crippen LogP contribution in [0.4, 0.5) is 0 Å². The van der Waals surface area contributed by atoms with Crippen LogP contribution in [0.25, 0.3) is 21.8 Å². The van der Waals surface area contributed by atoms with Gasteiger partial charge in [-0.25, -0.2) is 9.97 Å². The zero-order chi connectivity index (χ0) is 16.3. The van der Waals surface area contributed by atoms with Crippen LogP contribution in [0, 0.1) is 0 Å². The molecule has 0 radical (unpaired) electrons. The molecule has 10 heteroatoms. The summed E-state index contributed by atoms with van der Waals surface area (Å²) in [6.07, 6.45) is 0. The SMILES string of the molecule is Clc1nc2c(c(Cl)c1Cl)c(Cl)c(Cl)c1c(Cl)c(Cl)c(Cl)nc12. The van der Waals surface area contributed by atoms with Crippen LogP contribution in [-0.4, -0.2) is 9.97 Å². The van der Waals surface area contributed by atoms with Crippen molar-refractivity contribution in [2.75, 3.05) is 0 Å². The average molecular weight is 456 g/mol. The predicted molar refractivity (Wildman–Crippen MR) is 97.1 cm³/mol. The Balaban J connectivity index is 2.74. The van der Waals surface area contributed by atoms with Crippen molar-refractivity contribution in [2.24, 2.45) is 0 Å². The van der Waals surface area contributed by atoms with E-state index >= 15 is 0 Å². The molecule has 114 valence electrons. The number of nitrogens with zero attached hydrogens (tertiary/aromatic N) is 2. The summed E-state index contributed by atoms with van der Waals surface area (Å²) < 4.78 is 0. The predicted octanol–water partition coefficient (Wildman–Crippen LogP) is 8.01. The fourth-order valence-electron chi connectivity index (χ4n) is 1.98. The lowest BCUT2D eigenvalue weighted by Crippen LogP contribution is -1.93. The molecule has 1 aromatic carbocycles. The summed E-state index contributed by atoms with van der Waals surface area (Å²) >= 11 is 48.9. The van der Waals surface area contributed by atoms with E-state index in [0.717, 1.165) is 0 Å². The van der Waals surface area contributed by atoms with E-state index in [1.54, 1.807) is 0 Å². The Morgan fingerprint density at radius 3 is 1.00 bits per heavy atom. The average Bonchev–Trinajstić information content (AvgIpc) is 2.47. The van der Waals surface area contributed by atoms with E-state index in [4.69, 9.17) is 92.8 Å². The minimum absolute atomic E-state index is 0.0112. The smallest absolute Gasteiger partial charge is 0.149 e. The zero-order valence-corrected chi connectivity index (χ0v) is 16.0. The maximum Gasteiger partial charge on any atom is 0.149 e. The number of halogens is 8. The first kappa shape index (κ1) is 17.2. The molecule has 0 unspecified atom stereocenters. The van der Waals surface area contributed by atoms with Gasteiger partial charge in [0.05, 0.1) is 30.1 Å². The number of aromatic nitrogens is 2. The van der Waals surface area contributed by atoms with Crippen molar-refractivity contribution < 1.29 is 0 Å². The van der Waals surface area contributed by atoms with Gasteiger partial charge in [-0.2, -0.15) is 0 Å². The minimum atomic E-state index is -0.0112. The van der Waals surface area contributed by atoms with Crippen molar-refractivity contribution in [1.29, 1.82) is 0 Å². The zero-order valence-electron chi connectivity index (χ0n) is 9.92. The van der Waals surface area contributed by atoms with Gasteiger partial charge < -0.3 is 0 Å². The Bertz CT molecular complexity index is 891. The van der Waals surface area contributed by atoms with Crippen LogP contribution >= 0.6 is 92.8 Å². The van der Waals surface area contributed by atoms with Crippen LogP contribution in [0.1, 0.15) is 0 Å². The van der Waals surface area contributed by atoms with Gasteiger partial charge in [0.1, 0.15) is 21.3 Å². The van der Waals surface area contributed by atoms with Crippen molar-refractivity contribution in [3.8, 4) is 0 Å². The Kier molecular flexibility index (Phi) is 4.70. The maximum absolute atomic E-state index is 6.28. The van der Waals surface area contributed by atoms with E-state index in [1.165, 1.54) is 0 Å². The van der Waals surface area contributed by atoms with Crippen molar-refractivity contribution in [3.63, 3.8) is 0 Å². The second kappa shape index (κ2) is 6.02. The van der Waals surface area contributed by atoms with E-state index in [9.17, 15) is 0 Å². The van der Waals surface area contributed by atoms with Crippen LogP contribution in [0.3, 0.4) is 0 Å². The summed E-state index contributed by atoms with van der Waals surface area (Å²) in [5.74, 6) is 0. The van der Waals surface area contributed by atoms with Crippen molar-refractivity contribution >= 4 is 115 Å². The monoisotopic (exact) mass is 452 g/mol. The molecule has 0 saturated heterocycles. The maximum atomic E-state index is 6.28. The summed E-state index contributed by atoms with van der Waals surface area (Å²) in [5.41, 5.74) is 0.536. The van der Waals surface area contributed by atoms with Gasteiger partial charge in [0, 0.05) is 10.8 Å². The first-order valence-electron chi connectivity index (χ1n) is 5.41. The number of hydrogen-bond donors (Lipinski definition) is 0. The lowest BCUT2D eigenvalue weighted by Gasteiger charge is -2.13. The van der Waals surface area contributed by atoms with E-state index in [1.807, 2.05) is 0 Å². The fraction of sp³-hybridized carbons (Fsp3) is 0. The van der Waals surface area contributed by atoms with Gasteiger partial charge in [-0.05, 0) is 0 Å². The topological polar surface area (TPSA) is 25.8 Å². The summed E-state index contributed by atoms with van der Waals surface area (Å²) in [7, 11) is 0. The third-order valence-corrected chi connectivity index (χ3v) is 6.21. The second-order valence-corrected chi connectivity index (χ2v) is 7.12. The van der Waals surface area contributed by atoms with Crippen LogP contribution in [0.5, 0.6) is 0 Å². The fourth-order valence-corrected chi connectivity index (χ4v) is 3.91. The number of pyridine rings is 2. The van der Waals surface area contributed by atoms with Crippen molar-refractivity contribution in [2.45, 2.75) is 0 Å². The van der Waals surface area contributed by atoms with Crippen LogP contribution in [0.2, 0.25) is 40.4 Å². The van der Waals surface area contributed by atoms with E-state index in [0.29, 0.717) is 10.8 Å². The lowest BCUT2D eigenvalue weighted by atomic mass is 10.1. The van der Waals surface area contributed by atoms with Gasteiger partial charge >= 0.3 is 0 Å². The van der Waals surface area contributed by atoms with E-state index < -0.39 is 0 Å². The molecule has 2 heterocycles. The Morgan fingerprint density at radius 2 is 0.682 bits per heavy atom. The molecule has 3 aromatic rings. The number of fused-ring (bicyclic) bond motifs is 3. The molecule has 0 aliphatic rings. The van der Waals surface area contributed by atoms with E-state index in [2.05, 4.69) is 9.97 Å². The summed E-state index contributed by atoms with van der Waals surface area (Å²) in [4.78, 5) is 8.32. The largest absolute Gasteiger partial charge is 0.232 e. The van der Waals surface area contributed by atoms with Crippen molar-refractivity contribution in [3.05, 3.63) is 40.4 Å². The lowest BCUT2D eigenvalue weighted by molar-refractivity contribution is 1.37. The van der Waals surface area contributed by atoms with Crippen molar-refractivity contribution in [1.82, 2.24) is 9.97 Å². The Labute approximate surface area is 164 Å². The number of hydrogen-bond acceptors (Lipinski definition) is 2. The first-order valence-corrected chi connectivity index (χ1v) is 8.43. The molecule has 2 aromatic heterocycles. The summed E-state index contributed by atoms with van der Waals surface area (Å²) in [6.45, 7) is 0. The molecule has 0 atom stereocenters. The van der Waals surface area contributed by atoms with E-state index in [-0.39, 0.29) is 51.5 Å². The Hall–Kier alpha value is 0.360. The molecular formula is C12Cl8N2. The molecule has 0 aliphatic carbocycles. The molecule has 0 N–H and O–H groups in total. The quantitative estimate of drug-likeness (QED) is 0.253. The first-order chi connectivity index (χ1) is 10.3. The highest BCUT2D eigenvalue weighted by Gasteiger charge is 2.23. The van der Waals surface area contributed by atoms with Gasteiger partial charge in [0.2, 0.25) is 0 Å². The highest BCUT2D eigenvalue weighted by atomic mass is 35.5. The standard InChI is InChI=1S/C12Cl8N2/c13-3-1-5(15)7(17)11(19)21-9(1)10-2(4(3)14)6(16)8(18)12(20)22-10. The van der Waals surface area contributed by atoms with Gasteiger partial charge in [0.15, 0.2) is 0 Å². The molecule has 0 bridgehead atoms. The molecule has 2 nitrogen and oxygen atoms in total. The van der Waals surface area contributed by atoms with Gasteiger partial charge in [-0.1, -0.05) is 92.8 Å². The highest BCUT2D eigenvalue weighted by molar-refractivity contribution is 6.57. The van der Waals surface area contributed by atoms with Gasteiger partial charge in [0.25, 0.3) is 0 Å². The molecule has 22 heavy (non-hydrogen) atoms. The third kappa shape index (κ3) is 2.40. The number of benzene rings is 1. The molecule has 0 amide bonds. The molecule has 3 rings (SSSR count). The van der Waals surface area contributed by atoms with Gasteiger partial charge in [-0.15, -0.1) is 0 Å². The summed E-state index contributed by atoms with van der Waals surface area (Å²) in [5, 5.41) is 1.13. The highest BCUT2D eigenvalue weighted by Crippen LogP contribution is 2.48. The molecule has 0 spiro atoms. The molecule has 0 aliphatic heterocycles. The third-order valence-electron chi connectivity index (χ3n) is 2.94. The van der Waals surface area contributed by atoms with Gasteiger partial charge in [-0.3, -0.25) is 0 Å². The number of rotatable bonds is 0.